The maximum Gasteiger partial charge on any atom is 0.322 e. The number of carbonyl (C=O) groups is 17. The van der Waals surface area contributed by atoms with Crippen molar-refractivity contribution in [1.29, 1.82) is 0 Å². The number of aliphatic carboxylic acids is 2. The van der Waals surface area contributed by atoms with E-state index in [2.05, 4.69) is 112 Å². The number of aliphatic imine (C=N–C) groups is 1. The average Bonchev–Trinajstić information content (AvgIpc) is 1.08. The quantitative estimate of drug-likeness (QED) is 0.0109. The van der Waals surface area contributed by atoms with E-state index in [1.54, 1.807) is 99.7 Å². The fraction of sp³-hybridized carbons (Fsp3) is 0.633. The van der Waals surface area contributed by atoms with Crippen molar-refractivity contribution in [1.82, 2.24) is 94.7 Å². The van der Waals surface area contributed by atoms with Gasteiger partial charge in [-0.15, -0.1) is 0 Å². The van der Waals surface area contributed by atoms with Gasteiger partial charge in [0.05, 0.1) is 37.7 Å². The minimum Gasteiger partial charge on any atom is -0.481 e. The van der Waals surface area contributed by atoms with Crippen molar-refractivity contribution in [3.63, 3.8) is 0 Å². The molecule has 3 rings (SSSR count). The number of nitrogens with zero attached hydrogens (tertiary/aromatic N) is 2. The molecule has 1 aromatic carbocycles. The summed E-state index contributed by atoms with van der Waals surface area (Å²) in [4.78, 5) is 246. The van der Waals surface area contributed by atoms with Gasteiger partial charge in [-0.1, -0.05) is 101 Å². The van der Waals surface area contributed by atoms with Gasteiger partial charge in [-0.2, -0.15) is 12.6 Å². The van der Waals surface area contributed by atoms with Gasteiger partial charge in [0, 0.05) is 60.6 Å². The van der Waals surface area contributed by atoms with Gasteiger partial charge in [0.15, 0.2) is 5.96 Å². The number of aromatic nitrogens is 3. The van der Waals surface area contributed by atoms with E-state index >= 15 is 0 Å². The monoisotopic (exact) mass is 1750 g/mol. The second kappa shape index (κ2) is 52.7. The summed E-state index contributed by atoms with van der Waals surface area (Å²) in [5.74, 6) is -19.6. The Hall–Kier alpha value is -11.5. The number of nitrogens with one attached hydrogen (secondary N) is 17. The van der Waals surface area contributed by atoms with Gasteiger partial charge < -0.3 is 127 Å². The van der Waals surface area contributed by atoms with Crippen molar-refractivity contribution in [3.05, 3.63) is 54.2 Å². The molecule has 15 amide bonds. The van der Waals surface area contributed by atoms with Crippen LogP contribution in [0.1, 0.15) is 160 Å². The van der Waals surface area contributed by atoms with Crippen LogP contribution in [0.5, 0.6) is 0 Å². The summed E-state index contributed by atoms with van der Waals surface area (Å²) < 4.78 is 0. The molecule has 686 valence electrons. The van der Waals surface area contributed by atoms with Gasteiger partial charge in [-0.25, -0.2) is 4.98 Å². The van der Waals surface area contributed by atoms with Crippen LogP contribution in [0.25, 0.3) is 10.9 Å². The number of amides is 15. The van der Waals surface area contributed by atoms with E-state index in [1.807, 2.05) is 0 Å². The summed E-state index contributed by atoms with van der Waals surface area (Å²) in [5, 5.41) is 78.2. The molecule has 0 aliphatic rings. The van der Waals surface area contributed by atoms with Crippen LogP contribution in [0.15, 0.2) is 48.0 Å². The Balaban J connectivity index is 1.86. The molecule has 15 atom stereocenters. The number of aliphatic hydroxyl groups is 2. The molecule has 0 radical (unpaired) electrons. The highest BCUT2D eigenvalue weighted by Gasteiger charge is 2.40. The Bertz CT molecular complexity index is 4090. The zero-order valence-electron chi connectivity index (χ0n) is 72.1. The van der Waals surface area contributed by atoms with Crippen LogP contribution in [-0.2, 0) is 94.3 Å². The van der Waals surface area contributed by atoms with Crippen LogP contribution < -0.4 is 97.0 Å². The maximum absolute atomic E-state index is 14.9. The third-order valence-electron chi connectivity index (χ3n) is 19.0. The molecule has 0 spiro atoms. The standard InChI is InChI=1S/C79H128N22O21S/c1-37(2)24-52(93-69(113)51(21-22-60(106)107)92-66(110)48(80)29-46-31-83-36-89-46)67(111)87-33-59(105)91-54(26-39(5)6)73(117)98-63(42(11)12)76(120)96-55(27-40(7)8)71(115)95-56(28-45-30-85-49-19-16-15-18-47(45)49)72(116)97-57(35-123)74(118)94-53(25-38(3)4)68(112)86-32-58(104)90-50(20-17-23-84-79(81)82)70(114)100-64(43(13)102)78(122)101-65(44(14)103)77(121)99-62(41(9)10)75(119)88-34-61(108)109/h15-16,18-19,30-31,36-44,48,50-57,62-65,85,102-103,123H,17,20-29,32-35,80H2,1-14H3,(H,83,89)(H,86,112)(H,87,111)(H,88,119)(H,90,104)(H,91,105)(H,92,110)(H,93,113)(H,94,118)(H,95,115)(H,96,120)(H,97,116)(H,98,117)(H,99,121)(H,100,114)(H,101,122)(H,106,107)(H,108,109)(H4,81,82,84)/t43-,44-,48+,50+,51+,52+,53+,54+,55+,56+,57+,62+,63+,64+,65+/m1/s1. The van der Waals surface area contributed by atoms with Crippen molar-refractivity contribution in [2.45, 2.75) is 252 Å². The molecule has 2 aromatic heterocycles. The third-order valence-corrected chi connectivity index (χ3v) is 19.4. The van der Waals surface area contributed by atoms with Crippen LogP contribution >= 0.6 is 12.6 Å². The molecular weight excluding hydrogens is 1630 g/mol. The summed E-state index contributed by atoms with van der Waals surface area (Å²) in [6.07, 6.45) is -0.218. The number of guanidine groups is 1. The summed E-state index contributed by atoms with van der Waals surface area (Å²) in [6, 6.07) is -11.9. The van der Waals surface area contributed by atoms with Crippen LogP contribution in [0.4, 0.5) is 0 Å². The minimum absolute atomic E-state index is 0.00594. The van der Waals surface area contributed by atoms with Gasteiger partial charge in [0.1, 0.15) is 79.0 Å². The second-order valence-corrected chi connectivity index (χ2v) is 33.0. The first-order valence-electron chi connectivity index (χ1n) is 40.8. The zero-order valence-corrected chi connectivity index (χ0v) is 73.0. The van der Waals surface area contributed by atoms with E-state index < -0.39 is 229 Å². The molecule has 43 nitrogen and oxygen atoms in total. The minimum atomic E-state index is -1.88. The number of carboxylic acids is 2. The van der Waals surface area contributed by atoms with Crippen LogP contribution in [-0.4, -0.2) is 265 Å². The van der Waals surface area contributed by atoms with Gasteiger partial charge in [0.2, 0.25) is 88.6 Å². The van der Waals surface area contributed by atoms with E-state index in [9.17, 15) is 96.8 Å². The number of aliphatic hydroxyl groups excluding tert-OH is 2. The topological polar surface area (TPSA) is 686 Å². The molecule has 0 fully saturated rings. The molecule has 123 heavy (non-hydrogen) atoms. The molecule has 0 bridgehead atoms. The van der Waals surface area contributed by atoms with Gasteiger partial charge in [-0.05, 0) is 106 Å². The Morgan fingerprint density at radius 2 is 0.821 bits per heavy atom. The molecule has 27 N–H and O–H groups in total. The number of nitrogens with two attached hydrogens (primary N) is 3. The number of fused-ring (bicyclic) bond motifs is 1. The highest BCUT2D eigenvalue weighted by molar-refractivity contribution is 7.80. The molecule has 0 aliphatic heterocycles. The number of hydrogen-bond donors (Lipinski definition) is 25. The lowest BCUT2D eigenvalue weighted by Crippen LogP contribution is -2.63. The number of rotatable bonds is 55. The highest BCUT2D eigenvalue weighted by atomic mass is 32.1. The third kappa shape index (κ3) is 38.2. The molecule has 0 saturated heterocycles. The van der Waals surface area contributed by atoms with Gasteiger partial charge in [0.25, 0.3) is 0 Å². The van der Waals surface area contributed by atoms with Crippen LogP contribution in [0.3, 0.4) is 0 Å². The second-order valence-electron chi connectivity index (χ2n) is 32.6. The first kappa shape index (κ1) is 106. The van der Waals surface area contributed by atoms with E-state index in [1.165, 1.54) is 26.4 Å². The lowest BCUT2D eigenvalue weighted by Gasteiger charge is -2.29. The largest absolute Gasteiger partial charge is 0.481 e. The van der Waals surface area contributed by atoms with Crippen LogP contribution in [0, 0.1) is 35.5 Å². The van der Waals surface area contributed by atoms with Crippen molar-refractivity contribution in [2.24, 2.45) is 57.7 Å². The van der Waals surface area contributed by atoms with E-state index in [0.29, 0.717) is 22.2 Å². The Morgan fingerprint density at radius 1 is 0.431 bits per heavy atom. The van der Waals surface area contributed by atoms with Crippen LogP contribution in [0.2, 0.25) is 0 Å². The maximum atomic E-state index is 14.9. The Morgan fingerprint density at radius 3 is 1.30 bits per heavy atom. The Kier molecular flexibility index (Phi) is 45.3. The molecule has 44 heteroatoms. The summed E-state index contributed by atoms with van der Waals surface area (Å²) in [5.41, 5.74) is 18.8. The SMILES string of the molecule is CC(C)C[C@H](NC(=O)CNC(=O)[C@H](CC(C)C)NC(=O)[C@H](CCC(=O)O)NC(=O)[C@@H](N)Cc1cnc[nH]1)C(=O)N[C@H](C(=O)N[C@@H](CC(C)C)C(=O)N[C@@H](Cc1c[nH]c2ccccc12)C(=O)N[C@@H](CS)C(=O)N[C@@H](CC(C)C)C(=O)NCC(=O)N[C@@H](CCCN=C(N)N)C(=O)N[C@H](C(=O)N[C@H](C(=O)N[C@H](C(=O)NCC(=O)O)C(C)C)[C@@H](C)O)[C@@H](C)O)C(C)C. The number of imidazole rings is 1. The highest BCUT2D eigenvalue weighted by Crippen LogP contribution is 2.21. The van der Waals surface area contributed by atoms with E-state index in [-0.39, 0.29) is 99.7 Å². The smallest absolute Gasteiger partial charge is 0.322 e. The summed E-state index contributed by atoms with van der Waals surface area (Å²) in [7, 11) is 0. The number of carboxylic acid groups (broad SMARTS) is 2. The fourth-order valence-electron chi connectivity index (χ4n) is 12.6. The molecule has 0 unspecified atom stereocenters. The van der Waals surface area contributed by atoms with Crippen molar-refractivity contribution in [3.8, 4) is 0 Å². The Labute approximate surface area is 719 Å². The first-order valence-corrected chi connectivity index (χ1v) is 41.5. The number of carbonyl (C=O) groups excluding carboxylic acids is 15. The average molecular weight is 1750 g/mol. The van der Waals surface area contributed by atoms with E-state index in [4.69, 9.17) is 22.3 Å². The number of H-pyrrole nitrogens is 2. The van der Waals surface area contributed by atoms with Crippen molar-refractivity contribution in [2.75, 3.05) is 31.9 Å². The van der Waals surface area contributed by atoms with Gasteiger partial charge in [-0.3, -0.25) is 86.5 Å². The number of thiol groups is 1. The van der Waals surface area contributed by atoms with Crippen molar-refractivity contribution >= 4 is 130 Å². The predicted molar refractivity (Wildman–Crippen MR) is 454 cm³/mol. The summed E-state index contributed by atoms with van der Waals surface area (Å²) >= 11 is 4.39. The molecule has 0 aliphatic carbocycles. The molecule has 3 aromatic rings. The lowest BCUT2D eigenvalue weighted by atomic mass is 9.98. The number of hydrogen-bond acceptors (Lipinski definition) is 23. The van der Waals surface area contributed by atoms with E-state index in [0.717, 1.165) is 13.8 Å². The number of benzene rings is 1. The lowest BCUT2D eigenvalue weighted by molar-refractivity contribution is -0.139. The van der Waals surface area contributed by atoms with Crippen molar-refractivity contribution < 1.29 is 102 Å². The number of para-hydroxylation sites is 1. The molecule has 0 saturated carbocycles. The normalized spacial score (nSPS) is 15.1. The van der Waals surface area contributed by atoms with Gasteiger partial charge >= 0.3 is 11.9 Å². The fourth-order valence-corrected chi connectivity index (χ4v) is 12.9. The zero-order chi connectivity index (χ0) is 92.8. The molecular formula is C79H128N22O21S. The number of aromatic amines is 2. The molecule has 2 heterocycles. The summed E-state index contributed by atoms with van der Waals surface area (Å²) in [6.45, 7) is 20.2. The first-order chi connectivity index (χ1) is 57.6. The predicted octanol–water partition coefficient (Wildman–Crippen LogP) is -4.64.